The normalized spacial score (nSPS) is 12.6. The summed E-state index contributed by atoms with van der Waals surface area (Å²) in [6.45, 7) is 1.89. The van der Waals surface area contributed by atoms with Gasteiger partial charge in [0.05, 0.1) is 12.6 Å². The quantitative estimate of drug-likeness (QED) is 0.613. The van der Waals surface area contributed by atoms with Crippen LogP contribution in [0.3, 0.4) is 0 Å². The summed E-state index contributed by atoms with van der Waals surface area (Å²) < 4.78 is 0. The Bertz CT molecular complexity index is 397. The van der Waals surface area contributed by atoms with Gasteiger partial charge >= 0.3 is 0 Å². The number of rotatable bonds is 6. The first-order valence-corrected chi connectivity index (χ1v) is 7.15. The highest BCUT2D eigenvalue weighted by Crippen LogP contribution is 2.15. The van der Waals surface area contributed by atoms with Crippen molar-refractivity contribution in [3.05, 3.63) is 35.9 Å². The molecule has 0 fully saturated rings. The zero-order chi connectivity index (χ0) is 13.4. The molecule has 0 spiro atoms. The Hall–Kier alpha value is -1.26. The molecule has 0 radical (unpaired) electrons. The van der Waals surface area contributed by atoms with Crippen LogP contribution in [0.25, 0.3) is 6.08 Å². The van der Waals surface area contributed by atoms with Gasteiger partial charge < -0.3 is 10.4 Å². The van der Waals surface area contributed by atoms with Crippen molar-refractivity contribution in [3.63, 3.8) is 0 Å². The fourth-order valence-electron chi connectivity index (χ4n) is 1.41. The van der Waals surface area contributed by atoms with E-state index in [1.807, 2.05) is 37.4 Å². The van der Waals surface area contributed by atoms with Crippen molar-refractivity contribution >= 4 is 23.7 Å². The third kappa shape index (κ3) is 4.94. The summed E-state index contributed by atoms with van der Waals surface area (Å²) >= 11 is 1.69. The molecule has 1 aromatic rings. The van der Waals surface area contributed by atoms with Crippen LogP contribution in [0.2, 0.25) is 0 Å². The molecule has 98 valence electrons. The largest absolute Gasteiger partial charge is 0.394 e. The summed E-state index contributed by atoms with van der Waals surface area (Å²) in [6, 6.07) is 7.81. The Kier molecular flexibility index (Phi) is 6.54. The van der Waals surface area contributed by atoms with Gasteiger partial charge in [-0.2, -0.15) is 0 Å². The average Bonchev–Trinajstić information content (AvgIpc) is 2.43. The van der Waals surface area contributed by atoms with E-state index in [1.165, 1.54) is 11.0 Å². The van der Waals surface area contributed by atoms with Gasteiger partial charge in [-0.3, -0.25) is 4.79 Å². The van der Waals surface area contributed by atoms with Crippen molar-refractivity contribution in [3.8, 4) is 0 Å². The van der Waals surface area contributed by atoms with Gasteiger partial charge in [0.25, 0.3) is 0 Å². The average molecular weight is 265 g/mol. The fourth-order valence-corrected chi connectivity index (χ4v) is 1.82. The molecule has 0 aliphatic carbocycles. The van der Waals surface area contributed by atoms with Gasteiger partial charge in [0.1, 0.15) is 0 Å². The zero-order valence-electron chi connectivity index (χ0n) is 10.7. The number of thioether (sulfide) groups is 1. The molecule has 4 heteroatoms. The van der Waals surface area contributed by atoms with Crippen LogP contribution in [0.1, 0.15) is 18.9 Å². The van der Waals surface area contributed by atoms with Crippen molar-refractivity contribution in [2.75, 3.05) is 12.9 Å². The Morgan fingerprint density at radius 1 is 1.44 bits per heavy atom. The predicted molar refractivity (Wildman–Crippen MR) is 76.6 cm³/mol. The number of nitrogens with one attached hydrogen (secondary N) is 1. The summed E-state index contributed by atoms with van der Waals surface area (Å²) in [6.07, 6.45) is 6.01. The van der Waals surface area contributed by atoms with Crippen LogP contribution in [-0.4, -0.2) is 29.9 Å². The van der Waals surface area contributed by atoms with Gasteiger partial charge in [-0.15, -0.1) is 11.8 Å². The van der Waals surface area contributed by atoms with Crippen LogP contribution >= 0.6 is 11.8 Å². The zero-order valence-corrected chi connectivity index (χ0v) is 11.5. The highest BCUT2D eigenvalue weighted by molar-refractivity contribution is 7.98. The van der Waals surface area contributed by atoms with E-state index in [9.17, 15) is 4.79 Å². The first-order valence-electron chi connectivity index (χ1n) is 5.93. The van der Waals surface area contributed by atoms with Crippen LogP contribution in [0, 0.1) is 0 Å². The van der Waals surface area contributed by atoms with E-state index in [0.29, 0.717) is 0 Å². The van der Waals surface area contributed by atoms with Crippen molar-refractivity contribution in [1.29, 1.82) is 0 Å². The lowest BCUT2D eigenvalue weighted by molar-refractivity contribution is -0.117. The second kappa shape index (κ2) is 7.95. The summed E-state index contributed by atoms with van der Waals surface area (Å²) in [7, 11) is 0. The van der Waals surface area contributed by atoms with Crippen LogP contribution in [-0.2, 0) is 4.79 Å². The second-order valence-electron chi connectivity index (χ2n) is 3.90. The first-order chi connectivity index (χ1) is 8.69. The number of carbonyl (C=O) groups excluding carboxylic acids is 1. The maximum absolute atomic E-state index is 11.6. The molecule has 3 nitrogen and oxygen atoms in total. The lowest BCUT2D eigenvalue weighted by Gasteiger charge is -2.11. The molecular formula is C14H19NO2S. The van der Waals surface area contributed by atoms with Gasteiger partial charge in [-0.05, 0) is 36.4 Å². The molecule has 0 saturated heterocycles. The van der Waals surface area contributed by atoms with E-state index >= 15 is 0 Å². The van der Waals surface area contributed by atoms with E-state index in [0.717, 1.165) is 12.0 Å². The van der Waals surface area contributed by atoms with E-state index in [-0.39, 0.29) is 18.6 Å². The minimum atomic E-state index is -0.176. The van der Waals surface area contributed by atoms with E-state index in [2.05, 4.69) is 5.32 Å². The Balaban J connectivity index is 2.54. The molecule has 0 bridgehead atoms. The number of hydrogen-bond donors (Lipinski definition) is 2. The molecule has 0 aliphatic rings. The van der Waals surface area contributed by atoms with Crippen LogP contribution in [0.4, 0.5) is 0 Å². The van der Waals surface area contributed by atoms with Crippen molar-refractivity contribution in [1.82, 2.24) is 5.32 Å². The fraction of sp³-hybridized carbons (Fsp3) is 0.357. The number of aliphatic hydroxyl groups is 1. The van der Waals surface area contributed by atoms with Crippen LogP contribution < -0.4 is 5.32 Å². The van der Waals surface area contributed by atoms with E-state index in [4.69, 9.17) is 5.11 Å². The predicted octanol–water partition coefficient (Wildman–Crippen LogP) is 2.31. The lowest BCUT2D eigenvalue weighted by atomic mass is 10.2. The molecule has 18 heavy (non-hydrogen) atoms. The molecule has 0 aliphatic heterocycles. The van der Waals surface area contributed by atoms with Crippen LogP contribution in [0.5, 0.6) is 0 Å². The van der Waals surface area contributed by atoms with Gasteiger partial charge in [-0.1, -0.05) is 19.1 Å². The highest BCUT2D eigenvalue weighted by Gasteiger charge is 2.05. The number of carbonyl (C=O) groups is 1. The topological polar surface area (TPSA) is 49.3 Å². The molecular weight excluding hydrogens is 246 g/mol. The first kappa shape index (κ1) is 14.8. The van der Waals surface area contributed by atoms with E-state index in [1.54, 1.807) is 17.8 Å². The SMILES string of the molecule is CCC(CO)NC(=O)/C=C/c1ccc(SC)cc1. The van der Waals surface area contributed by atoms with Crippen molar-refractivity contribution < 1.29 is 9.90 Å². The van der Waals surface area contributed by atoms with Gasteiger partial charge in [-0.25, -0.2) is 0 Å². The maximum Gasteiger partial charge on any atom is 0.244 e. The van der Waals surface area contributed by atoms with Gasteiger partial charge in [0.2, 0.25) is 5.91 Å². The van der Waals surface area contributed by atoms with E-state index < -0.39 is 0 Å². The number of amides is 1. The molecule has 1 atom stereocenters. The smallest absolute Gasteiger partial charge is 0.244 e. The molecule has 1 rings (SSSR count). The molecule has 1 aromatic carbocycles. The summed E-state index contributed by atoms with van der Waals surface area (Å²) in [5.41, 5.74) is 0.986. The van der Waals surface area contributed by atoms with Gasteiger partial charge in [0.15, 0.2) is 0 Å². The van der Waals surface area contributed by atoms with Crippen LogP contribution in [0.15, 0.2) is 35.2 Å². The van der Waals surface area contributed by atoms with Crippen molar-refractivity contribution in [2.45, 2.75) is 24.3 Å². The molecule has 2 N–H and O–H groups in total. The summed E-state index contributed by atoms with van der Waals surface area (Å²) in [4.78, 5) is 12.8. The standard InChI is InChI=1S/C14H19NO2S/c1-3-12(10-16)15-14(17)9-6-11-4-7-13(18-2)8-5-11/h4-9,12,16H,3,10H2,1-2H3,(H,15,17)/b9-6+. The Morgan fingerprint density at radius 3 is 2.61 bits per heavy atom. The summed E-state index contributed by atoms with van der Waals surface area (Å²) in [5.74, 6) is -0.176. The minimum absolute atomic E-state index is 0.0293. The number of benzene rings is 1. The molecule has 1 amide bonds. The minimum Gasteiger partial charge on any atom is -0.394 e. The lowest BCUT2D eigenvalue weighted by Crippen LogP contribution is -2.35. The third-order valence-corrected chi connectivity index (χ3v) is 3.35. The highest BCUT2D eigenvalue weighted by atomic mass is 32.2. The summed E-state index contributed by atoms with van der Waals surface area (Å²) in [5, 5.41) is 11.7. The Morgan fingerprint density at radius 2 is 2.11 bits per heavy atom. The third-order valence-electron chi connectivity index (χ3n) is 2.60. The monoisotopic (exact) mass is 265 g/mol. The maximum atomic E-state index is 11.6. The van der Waals surface area contributed by atoms with Crippen molar-refractivity contribution in [2.24, 2.45) is 0 Å². The molecule has 0 saturated carbocycles. The number of hydrogen-bond acceptors (Lipinski definition) is 3. The second-order valence-corrected chi connectivity index (χ2v) is 4.78. The number of aliphatic hydroxyl groups excluding tert-OH is 1. The molecule has 1 unspecified atom stereocenters. The van der Waals surface area contributed by atoms with Gasteiger partial charge in [0, 0.05) is 11.0 Å². The Labute approximate surface area is 112 Å². The molecule has 0 aromatic heterocycles. The molecule has 0 heterocycles.